The Bertz CT molecular complexity index is 3110. The van der Waals surface area contributed by atoms with Gasteiger partial charge in [0.1, 0.15) is 11.2 Å². The molecule has 0 aliphatic heterocycles. The summed E-state index contributed by atoms with van der Waals surface area (Å²) in [5, 5.41) is 6.37. The molecular formula is C55H43N3O. The number of nitrogens with zero attached hydrogens (tertiary/aromatic N) is 3. The second kappa shape index (κ2) is 13.7. The quantitative estimate of drug-likeness (QED) is 0.175. The van der Waals surface area contributed by atoms with Crippen LogP contribution in [0.1, 0.15) is 44.1 Å². The lowest BCUT2D eigenvalue weighted by Gasteiger charge is -2.57. The monoisotopic (exact) mass is 761 g/mol. The van der Waals surface area contributed by atoms with Gasteiger partial charge in [-0.15, -0.1) is 0 Å². The Kier molecular flexibility index (Phi) is 8.01. The fourth-order valence-electron chi connectivity index (χ4n) is 11.5. The summed E-state index contributed by atoms with van der Waals surface area (Å²) in [4.78, 5) is 16.1. The molecule has 0 N–H and O–H groups in total. The average molecular weight is 762 g/mol. The molecule has 7 aromatic carbocycles. The summed E-state index contributed by atoms with van der Waals surface area (Å²) in [5.74, 6) is 4.65. The van der Waals surface area contributed by atoms with Crippen molar-refractivity contribution in [2.45, 2.75) is 43.9 Å². The van der Waals surface area contributed by atoms with Gasteiger partial charge in [-0.05, 0) is 113 Å². The minimum atomic E-state index is 0.325. The highest BCUT2D eigenvalue weighted by Crippen LogP contribution is 2.60. The van der Waals surface area contributed by atoms with Crippen LogP contribution in [0, 0.1) is 17.8 Å². The summed E-state index contributed by atoms with van der Waals surface area (Å²) < 4.78 is 6.77. The van der Waals surface area contributed by atoms with Gasteiger partial charge in [0.15, 0.2) is 17.5 Å². The first kappa shape index (κ1) is 34.4. The van der Waals surface area contributed by atoms with E-state index in [0.29, 0.717) is 22.9 Å². The van der Waals surface area contributed by atoms with E-state index in [0.717, 1.165) is 89.1 Å². The van der Waals surface area contributed by atoms with Crippen LogP contribution in [0.3, 0.4) is 0 Å². The van der Waals surface area contributed by atoms with Crippen molar-refractivity contribution in [1.82, 2.24) is 15.0 Å². The van der Waals surface area contributed by atoms with Gasteiger partial charge in [-0.3, -0.25) is 0 Å². The van der Waals surface area contributed by atoms with E-state index in [1.54, 1.807) is 0 Å². The van der Waals surface area contributed by atoms with Crippen molar-refractivity contribution in [3.05, 3.63) is 175 Å². The summed E-state index contributed by atoms with van der Waals surface area (Å²) in [6, 6.07) is 60.2. The molecule has 4 fully saturated rings. The van der Waals surface area contributed by atoms with Crippen molar-refractivity contribution in [3.8, 4) is 45.3 Å². The zero-order chi connectivity index (χ0) is 38.9. The Hall–Kier alpha value is -6.65. The summed E-state index contributed by atoms with van der Waals surface area (Å²) in [5.41, 5.74) is 8.63. The third kappa shape index (κ3) is 5.92. The predicted molar refractivity (Wildman–Crippen MR) is 241 cm³/mol. The molecule has 4 aliphatic rings. The van der Waals surface area contributed by atoms with Gasteiger partial charge in [0, 0.05) is 32.8 Å². The molecule has 4 nitrogen and oxygen atoms in total. The van der Waals surface area contributed by atoms with Gasteiger partial charge >= 0.3 is 0 Å². The minimum Gasteiger partial charge on any atom is -0.456 e. The number of rotatable bonds is 5. The molecule has 2 heterocycles. The van der Waals surface area contributed by atoms with E-state index in [-0.39, 0.29) is 0 Å². The van der Waals surface area contributed by atoms with E-state index in [9.17, 15) is 0 Å². The molecule has 0 atom stereocenters. The summed E-state index contributed by atoms with van der Waals surface area (Å²) in [7, 11) is 0. The zero-order valence-corrected chi connectivity index (χ0v) is 32.9. The molecule has 0 unspecified atom stereocenters. The average Bonchev–Trinajstić information content (AvgIpc) is 3.34. The van der Waals surface area contributed by atoms with Crippen LogP contribution in [-0.4, -0.2) is 15.0 Å². The molecule has 4 saturated carbocycles. The van der Waals surface area contributed by atoms with Crippen LogP contribution in [0.15, 0.2) is 174 Å². The number of hydrogen-bond acceptors (Lipinski definition) is 4. The van der Waals surface area contributed by atoms with Gasteiger partial charge < -0.3 is 4.42 Å². The van der Waals surface area contributed by atoms with Gasteiger partial charge in [-0.1, -0.05) is 152 Å². The first-order valence-corrected chi connectivity index (χ1v) is 21.3. The van der Waals surface area contributed by atoms with Crippen LogP contribution in [-0.2, 0) is 5.41 Å². The minimum absolute atomic E-state index is 0.325. The standard InChI is InChI=1S/C55H43N3O/c1-2-12-38(13-3-1)40-14-10-15-41(31-40)53-56-52(39-24-26-42(27-25-39)55-32-35-28-36(33-55)30-37(29-35)34-55)57-54(58-53)48-21-11-20-47-45-18-7-9-23-50(45)59-49-22-8-6-17-44(49)43-16-4-5-19-46(43)51(47)48/h1-27,31,35-37H,28-30,32-34H2/t35-,36-,37?,55?/m1/s1. The van der Waals surface area contributed by atoms with E-state index in [1.165, 1.54) is 44.1 Å². The van der Waals surface area contributed by atoms with Gasteiger partial charge in [0.2, 0.25) is 0 Å². The molecule has 4 bridgehead atoms. The normalized spacial score (nSPS) is 20.7. The Labute approximate surface area is 344 Å². The molecule has 59 heavy (non-hydrogen) atoms. The highest BCUT2D eigenvalue weighted by molar-refractivity contribution is 6.22. The fraction of sp³-hybridized carbons (Fsp3) is 0.182. The zero-order valence-electron chi connectivity index (χ0n) is 32.9. The lowest BCUT2D eigenvalue weighted by atomic mass is 9.48. The highest BCUT2D eigenvalue weighted by Gasteiger charge is 2.51. The van der Waals surface area contributed by atoms with Crippen molar-refractivity contribution in [2.75, 3.05) is 0 Å². The number of hydrogen-bond donors (Lipinski definition) is 0. The lowest BCUT2D eigenvalue weighted by molar-refractivity contribution is -0.00518. The molecule has 13 rings (SSSR count). The third-order valence-electron chi connectivity index (χ3n) is 13.7. The molecule has 9 aromatic rings. The van der Waals surface area contributed by atoms with Gasteiger partial charge in [0.25, 0.3) is 0 Å². The summed E-state index contributed by atoms with van der Waals surface area (Å²) in [6.45, 7) is 0. The van der Waals surface area contributed by atoms with Crippen LogP contribution in [0.2, 0.25) is 0 Å². The van der Waals surface area contributed by atoms with E-state index in [1.807, 2.05) is 12.1 Å². The van der Waals surface area contributed by atoms with E-state index < -0.39 is 0 Å². The van der Waals surface area contributed by atoms with Crippen LogP contribution >= 0.6 is 0 Å². The van der Waals surface area contributed by atoms with Crippen LogP contribution in [0.4, 0.5) is 0 Å². The second-order valence-electron chi connectivity index (χ2n) is 17.4. The van der Waals surface area contributed by atoms with Crippen LogP contribution in [0.25, 0.3) is 88.8 Å². The second-order valence-corrected chi connectivity index (χ2v) is 17.4. The van der Waals surface area contributed by atoms with E-state index in [2.05, 4.69) is 158 Å². The lowest BCUT2D eigenvalue weighted by Crippen LogP contribution is -2.48. The largest absolute Gasteiger partial charge is 0.456 e. The van der Waals surface area contributed by atoms with Crippen molar-refractivity contribution in [3.63, 3.8) is 0 Å². The van der Waals surface area contributed by atoms with Gasteiger partial charge in [-0.25, -0.2) is 15.0 Å². The fourth-order valence-corrected chi connectivity index (χ4v) is 11.5. The molecule has 0 radical (unpaired) electrons. The smallest absolute Gasteiger partial charge is 0.164 e. The first-order chi connectivity index (χ1) is 29.1. The van der Waals surface area contributed by atoms with Crippen molar-refractivity contribution in [1.29, 1.82) is 0 Å². The molecule has 0 spiro atoms. The number of benzene rings is 7. The molecule has 0 saturated heterocycles. The maximum atomic E-state index is 6.77. The van der Waals surface area contributed by atoms with Gasteiger partial charge in [-0.2, -0.15) is 0 Å². The van der Waals surface area contributed by atoms with Crippen molar-refractivity contribution < 1.29 is 4.42 Å². The first-order valence-electron chi connectivity index (χ1n) is 21.3. The molecule has 0 amide bonds. The SMILES string of the molecule is c1ccc(-c2cccc(-c3nc(-c4ccc(C56CC7C[C@H](C5)C[C@H](C7)C6)cc4)nc(-c4cccc5c6ccccc6oc6ccccc6c6ccccc6c45)n3)c2)cc1. The maximum Gasteiger partial charge on any atom is 0.164 e. The Morgan fingerprint density at radius 2 is 0.881 bits per heavy atom. The number of aromatic nitrogens is 3. The Morgan fingerprint density at radius 1 is 0.390 bits per heavy atom. The highest BCUT2D eigenvalue weighted by atomic mass is 16.3. The Balaban J connectivity index is 1.11. The molecule has 4 aliphatic carbocycles. The molecular weight excluding hydrogens is 719 g/mol. The van der Waals surface area contributed by atoms with E-state index in [4.69, 9.17) is 19.4 Å². The van der Waals surface area contributed by atoms with Crippen molar-refractivity contribution in [2.24, 2.45) is 17.8 Å². The predicted octanol–water partition coefficient (Wildman–Crippen LogP) is 14.3. The number of fused-ring (bicyclic) bond motifs is 7. The molecule has 2 aromatic heterocycles. The Morgan fingerprint density at radius 3 is 1.58 bits per heavy atom. The van der Waals surface area contributed by atoms with E-state index >= 15 is 0 Å². The third-order valence-corrected chi connectivity index (χ3v) is 13.7. The molecule has 284 valence electrons. The number of para-hydroxylation sites is 2. The molecule has 4 heteroatoms. The maximum absolute atomic E-state index is 6.77. The van der Waals surface area contributed by atoms with Gasteiger partial charge in [0.05, 0.1) is 0 Å². The van der Waals surface area contributed by atoms with Crippen LogP contribution in [0.5, 0.6) is 0 Å². The summed E-state index contributed by atoms with van der Waals surface area (Å²) in [6.07, 6.45) is 8.36. The van der Waals surface area contributed by atoms with Crippen molar-refractivity contribution >= 4 is 43.5 Å². The van der Waals surface area contributed by atoms with Crippen LogP contribution < -0.4 is 0 Å². The topological polar surface area (TPSA) is 51.8 Å². The summed E-state index contributed by atoms with van der Waals surface area (Å²) >= 11 is 0.